The van der Waals surface area contributed by atoms with Crippen LogP contribution in [-0.2, 0) is 9.53 Å². The van der Waals surface area contributed by atoms with Gasteiger partial charge in [-0.3, -0.25) is 4.79 Å². The van der Waals surface area contributed by atoms with Crippen LogP contribution in [0.2, 0.25) is 0 Å². The van der Waals surface area contributed by atoms with Gasteiger partial charge in [-0.1, -0.05) is 0 Å². The largest absolute Gasteiger partial charge is 0.491 e. The van der Waals surface area contributed by atoms with Crippen molar-refractivity contribution in [3.05, 3.63) is 27.7 Å². The molecule has 4 nitrogen and oxygen atoms in total. The molecule has 1 rings (SSSR count). The van der Waals surface area contributed by atoms with E-state index in [0.29, 0.717) is 0 Å². The van der Waals surface area contributed by atoms with Crippen LogP contribution in [0.3, 0.4) is 0 Å². The molecular weight excluding hydrogens is 314 g/mol. The van der Waals surface area contributed by atoms with E-state index in [-0.39, 0.29) is 11.1 Å². The Hall–Kier alpha value is -1.50. The summed E-state index contributed by atoms with van der Waals surface area (Å²) >= 11 is 2.80. The first-order valence-corrected chi connectivity index (χ1v) is 5.66. The number of benzene rings is 1. The Kier molecular flexibility index (Phi) is 4.77. The molecule has 0 spiro atoms. The first kappa shape index (κ1) is 14.6. The van der Waals surface area contributed by atoms with E-state index in [1.54, 1.807) is 0 Å². The molecule has 1 aromatic rings. The average Bonchev–Trinajstić information content (AvgIpc) is 2.34. The van der Waals surface area contributed by atoms with Gasteiger partial charge in [0.15, 0.2) is 17.4 Å². The molecule has 0 aromatic heterocycles. The van der Waals surface area contributed by atoms with Crippen molar-refractivity contribution in [3.63, 3.8) is 0 Å². The standard InChI is InChI=1S/C11H9BrF2O4/c1-3-18-11(16)9(15)5-4-6(12)8(14)10(17-2)7(5)13/h4H,3H2,1-2H3. The van der Waals surface area contributed by atoms with E-state index in [4.69, 9.17) is 0 Å². The summed E-state index contributed by atoms with van der Waals surface area (Å²) in [4.78, 5) is 22.8. The summed E-state index contributed by atoms with van der Waals surface area (Å²) in [6, 6.07) is 0.867. The average molecular weight is 323 g/mol. The molecule has 0 N–H and O–H groups in total. The highest BCUT2D eigenvalue weighted by Crippen LogP contribution is 2.31. The van der Waals surface area contributed by atoms with Gasteiger partial charge in [0.2, 0.25) is 0 Å². The van der Waals surface area contributed by atoms with Gasteiger partial charge in [-0.15, -0.1) is 0 Å². The fourth-order valence-electron chi connectivity index (χ4n) is 1.23. The molecular formula is C11H9BrF2O4. The van der Waals surface area contributed by atoms with E-state index in [9.17, 15) is 18.4 Å². The van der Waals surface area contributed by atoms with Gasteiger partial charge in [0.25, 0.3) is 5.78 Å². The quantitative estimate of drug-likeness (QED) is 0.370. The molecule has 98 valence electrons. The first-order valence-electron chi connectivity index (χ1n) is 4.86. The van der Waals surface area contributed by atoms with Crippen molar-refractivity contribution in [2.45, 2.75) is 6.92 Å². The first-order chi connectivity index (χ1) is 8.43. The Balaban J connectivity index is 3.30. The Labute approximate surface area is 110 Å². The topological polar surface area (TPSA) is 52.6 Å². The number of carbonyl (C=O) groups is 2. The number of rotatable bonds is 4. The predicted octanol–water partition coefficient (Wildman–Crippen LogP) is 2.48. The normalized spacial score (nSPS) is 10.1. The van der Waals surface area contributed by atoms with Crippen molar-refractivity contribution in [3.8, 4) is 5.75 Å². The lowest BCUT2D eigenvalue weighted by molar-refractivity contribution is -0.137. The third-order valence-electron chi connectivity index (χ3n) is 2.03. The molecule has 0 heterocycles. The third-order valence-corrected chi connectivity index (χ3v) is 2.60. The minimum atomic E-state index is -1.24. The highest BCUT2D eigenvalue weighted by Gasteiger charge is 2.27. The Morgan fingerprint density at radius 1 is 1.33 bits per heavy atom. The van der Waals surface area contributed by atoms with E-state index in [1.165, 1.54) is 6.92 Å². The molecule has 0 bridgehead atoms. The zero-order valence-corrected chi connectivity index (χ0v) is 11.1. The number of carbonyl (C=O) groups excluding carboxylic acids is 2. The molecule has 0 aliphatic carbocycles. The van der Waals surface area contributed by atoms with Gasteiger partial charge in [-0.25, -0.2) is 13.6 Å². The van der Waals surface area contributed by atoms with Gasteiger partial charge in [0.05, 0.1) is 23.8 Å². The number of esters is 1. The smallest absolute Gasteiger partial charge is 0.379 e. The number of halogens is 3. The number of ketones is 1. The van der Waals surface area contributed by atoms with E-state index in [1.807, 2.05) is 0 Å². The second-order valence-electron chi connectivity index (χ2n) is 3.12. The monoisotopic (exact) mass is 322 g/mol. The Morgan fingerprint density at radius 2 is 1.94 bits per heavy atom. The molecule has 0 saturated heterocycles. The zero-order valence-electron chi connectivity index (χ0n) is 9.55. The lowest BCUT2D eigenvalue weighted by atomic mass is 10.1. The molecule has 0 amide bonds. The highest BCUT2D eigenvalue weighted by molar-refractivity contribution is 9.10. The number of hydrogen-bond donors (Lipinski definition) is 0. The minimum Gasteiger partial charge on any atom is -0.491 e. The molecule has 7 heteroatoms. The highest BCUT2D eigenvalue weighted by atomic mass is 79.9. The maximum atomic E-state index is 13.8. The van der Waals surface area contributed by atoms with Crippen LogP contribution in [0.4, 0.5) is 8.78 Å². The fraction of sp³-hybridized carbons (Fsp3) is 0.273. The van der Waals surface area contributed by atoms with E-state index < -0.39 is 34.7 Å². The van der Waals surface area contributed by atoms with Crippen LogP contribution < -0.4 is 4.74 Å². The number of Topliss-reactive ketones (excluding diaryl/α,β-unsaturated/α-hetero) is 1. The predicted molar refractivity (Wildman–Crippen MR) is 61.6 cm³/mol. The lowest BCUT2D eigenvalue weighted by Gasteiger charge is -2.09. The maximum absolute atomic E-state index is 13.8. The minimum absolute atomic E-state index is 0.0221. The number of methoxy groups -OCH3 is 1. The van der Waals surface area contributed by atoms with Gasteiger partial charge in [0.1, 0.15) is 0 Å². The van der Waals surface area contributed by atoms with Gasteiger partial charge in [-0.05, 0) is 28.9 Å². The van der Waals surface area contributed by atoms with Crippen LogP contribution in [0.5, 0.6) is 5.75 Å². The SMILES string of the molecule is CCOC(=O)C(=O)c1cc(Br)c(F)c(OC)c1F. The second-order valence-corrected chi connectivity index (χ2v) is 3.97. The summed E-state index contributed by atoms with van der Waals surface area (Å²) in [6.07, 6.45) is 0. The van der Waals surface area contributed by atoms with E-state index in [0.717, 1.165) is 13.2 Å². The molecule has 0 atom stereocenters. The fourth-order valence-corrected chi connectivity index (χ4v) is 1.64. The second kappa shape index (κ2) is 5.90. The molecule has 1 aromatic carbocycles. The molecule has 0 aliphatic heterocycles. The van der Waals surface area contributed by atoms with Crippen LogP contribution in [0.1, 0.15) is 17.3 Å². The summed E-state index contributed by atoms with van der Waals surface area (Å²) in [5, 5.41) is 0. The third kappa shape index (κ3) is 2.66. The lowest BCUT2D eigenvalue weighted by Crippen LogP contribution is -2.19. The number of ether oxygens (including phenoxy) is 2. The van der Waals surface area contributed by atoms with Gasteiger partial charge < -0.3 is 9.47 Å². The Bertz CT molecular complexity index is 502. The van der Waals surface area contributed by atoms with Crippen LogP contribution in [0.15, 0.2) is 10.5 Å². The van der Waals surface area contributed by atoms with E-state index >= 15 is 0 Å². The number of hydrogen-bond acceptors (Lipinski definition) is 4. The zero-order chi connectivity index (χ0) is 13.9. The summed E-state index contributed by atoms with van der Waals surface area (Å²) in [7, 11) is 1.05. The van der Waals surface area contributed by atoms with Crippen LogP contribution in [0, 0.1) is 11.6 Å². The molecule has 0 unspecified atom stereocenters. The molecule has 0 fully saturated rings. The van der Waals surface area contributed by atoms with Crippen molar-refractivity contribution in [1.29, 1.82) is 0 Å². The summed E-state index contributed by atoms with van der Waals surface area (Å²) in [5.74, 6) is -5.38. The maximum Gasteiger partial charge on any atom is 0.379 e. The van der Waals surface area contributed by atoms with Crippen molar-refractivity contribution in [1.82, 2.24) is 0 Å². The molecule has 18 heavy (non-hydrogen) atoms. The van der Waals surface area contributed by atoms with Crippen LogP contribution >= 0.6 is 15.9 Å². The van der Waals surface area contributed by atoms with Crippen molar-refractivity contribution < 1.29 is 27.8 Å². The van der Waals surface area contributed by atoms with Crippen LogP contribution in [-0.4, -0.2) is 25.5 Å². The van der Waals surface area contributed by atoms with Crippen LogP contribution in [0.25, 0.3) is 0 Å². The molecule has 0 saturated carbocycles. The van der Waals surface area contributed by atoms with Gasteiger partial charge >= 0.3 is 5.97 Å². The molecule has 0 radical (unpaired) electrons. The van der Waals surface area contributed by atoms with Gasteiger partial charge in [-0.2, -0.15) is 0 Å². The Morgan fingerprint density at radius 3 is 2.44 bits per heavy atom. The summed E-state index contributed by atoms with van der Waals surface area (Å²) in [6.45, 7) is 1.48. The molecule has 0 aliphatic rings. The van der Waals surface area contributed by atoms with Gasteiger partial charge in [0, 0.05) is 0 Å². The van der Waals surface area contributed by atoms with Crippen molar-refractivity contribution >= 4 is 27.7 Å². The summed E-state index contributed by atoms with van der Waals surface area (Å²) in [5.41, 5.74) is -0.612. The van der Waals surface area contributed by atoms with Crippen molar-refractivity contribution in [2.24, 2.45) is 0 Å². The van der Waals surface area contributed by atoms with Crippen molar-refractivity contribution in [2.75, 3.05) is 13.7 Å². The summed E-state index contributed by atoms with van der Waals surface area (Å²) < 4.78 is 35.9. The van der Waals surface area contributed by atoms with E-state index in [2.05, 4.69) is 25.4 Å².